The number of nitrogens with zero attached hydrogens (tertiary/aromatic N) is 1. The van der Waals surface area contributed by atoms with Crippen molar-refractivity contribution in [1.82, 2.24) is 5.01 Å². The standard InChI is InChI=1S/C9H20N2O2/c1-4-5-8(9(12)13)6-11(10)7(2)3/h7-8H,4-6,10H2,1-3H3,(H,12,13). The summed E-state index contributed by atoms with van der Waals surface area (Å²) >= 11 is 0. The number of rotatable bonds is 6. The van der Waals surface area contributed by atoms with Gasteiger partial charge in [-0.2, -0.15) is 0 Å². The Balaban J connectivity index is 4.01. The van der Waals surface area contributed by atoms with Gasteiger partial charge < -0.3 is 5.11 Å². The lowest BCUT2D eigenvalue weighted by atomic mass is 10.0. The van der Waals surface area contributed by atoms with Crippen molar-refractivity contribution in [3.8, 4) is 0 Å². The minimum Gasteiger partial charge on any atom is -0.481 e. The molecule has 0 aliphatic rings. The van der Waals surface area contributed by atoms with Crippen molar-refractivity contribution < 1.29 is 9.90 Å². The molecule has 0 radical (unpaired) electrons. The summed E-state index contributed by atoms with van der Waals surface area (Å²) in [5.41, 5.74) is 0. The molecule has 0 heterocycles. The third kappa shape index (κ3) is 4.85. The molecular formula is C9H20N2O2. The first-order valence-corrected chi connectivity index (χ1v) is 4.73. The van der Waals surface area contributed by atoms with E-state index in [2.05, 4.69) is 0 Å². The van der Waals surface area contributed by atoms with E-state index in [-0.39, 0.29) is 12.0 Å². The fraction of sp³-hybridized carbons (Fsp3) is 0.889. The van der Waals surface area contributed by atoms with Crippen LogP contribution in [0.1, 0.15) is 33.6 Å². The molecule has 0 fully saturated rings. The average molecular weight is 188 g/mol. The van der Waals surface area contributed by atoms with Crippen molar-refractivity contribution in [1.29, 1.82) is 0 Å². The summed E-state index contributed by atoms with van der Waals surface area (Å²) in [7, 11) is 0. The van der Waals surface area contributed by atoms with E-state index >= 15 is 0 Å². The van der Waals surface area contributed by atoms with Gasteiger partial charge in [-0.25, -0.2) is 5.01 Å². The second-order valence-corrected chi connectivity index (χ2v) is 3.61. The van der Waals surface area contributed by atoms with Crippen molar-refractivity contribution in [3.05, 3.63) is 0 Å². The van der Waals surface area contributed by atoms with Crippen molar-refractivity contribution in [2.75, 3.05) is 6.54 Å². The first-order chi connectivity index (χ1) is 5.99. The Morgan fingerprint density at radius 2 is 2.08 bits per heavy atom. The zero-order chi connectivity index (χ0) is 10.4. The Kier molecular flexibility index (Phi) is 5.66. The molecule has 4 heteroatoms. The Labute approximate surface area is 79.7 Å². The van der Waals surface area contributed by atoms with E-state index in [9.17, 15) is 4.79 Å². The molecule has 0 aromatic heterocycles. The van der Waals surface area contributed by atoms with Crippen molar-refractivity contribution in [2.45, 2.75) is 39.7 Å². The number of carbonyl (C=O) groups is 1. The van der Waals surface area contributed by atoms with Crippen molar-refractivity contribution in [3.63, 3.8) is 0 Å². The Morgan fingerprint density at radius 1 is 1.54 bits per heavy atom. The Morgan fingerprint density at radius 3 is 2.38 bits per heavy atom. The molecule has 0 aromatic rings. The molecule has 0 rings (SSSR count). The van der Waals surface area contributed by atoms with Crippen LogP contribution in [0, 0.1) is 5.92 Å². The van der Waals surface area contributed by atoms with E-state index in [0.717, 1.165) is 6.42 Å². The van der Waals surface area contributed by atoms with Gasteiger partial charge in [-0.1, -0.05) is 13.3 Å². The van der Waals surface area contributed by atoms with E-state index in [4.69, 9.17) is 10.9 Å². The van der Waals surface area contributed by atoms with E-state index in [1.54, 1.807) is 5.01 Å². The maximum absolute atomic E-state index is 10.8. The molecule has 0 saturated carbocycles. The lowest BCUT2D eigenvalue weighted by Gasteiger charge is -2.23. The first kappa shape index (κ1) is 12.4. The SMILES string of the molecule is CCCC(CN(N)C(C)C)C(=O)O. The third-order valence-corrected chi connectivity index (χ3v) is 2.08. The molecule has 0 spiro atoms. The smallest absolute Gasteiger partial charge is 0.307 e. The van der Waals surface area contributed by atoms with Crippen LogP contribution in [0.5, 0.6) is 0 Å². The van der Waals surface area contributed by atoms with Gasteiger partial charge in [0.05, 0.1) is 5.92 Å². The molecule has 0 aliphatic carbocycles. The van der Waals surface area contributed by atoms with Gasteiger partial charge in [0.2, 0.25) is 0 Å². The predicted octanol–water partition coefficient (Wildman–Crippen LogP) is 1.07. The van der Waals surface area contributed by atoms with Crippen LogP contribution in [0.25, 0.3) is 0 Å². The van der Waals surface area contributed by atoms with Crippen molar-refractivity contribution >= 4 is 5.97 Å². The lowest BCUT2D eigenvalue weighted by Crippen LogP contribution is -2.42. The normalized spacial score (nSPS) is 13.7. The van der Waals surface area contributed by atoms with Gasteiger partial charge in [0.1, 0.15) is 0 Å². The second-order valence-electron chi connectivity index (χ2n) is 3.61. The molecule has 0 aromatic carbocycles. The molecule has 0 amide bonds. The number of carboxylic acid groups (broad SMARTS) is 1. The van der Waals surface area contributed by atoms with Crippen LogP contribution in [0.15, 0.2) is 0 Å². The average Bonchev–Trinajstić information content (AvgIpc) is 2.03. The van der Waals surface area contributed by atoms with Crippen molar-refractivity contribution in [2.24, 2.45) is 11.8 Å². The van der Waals surface area contributed by atoms with Crippen LogP contribution in [-0.4, -0.2) is 28.7 Å². The number of carboxylic acids is 1. The van der Waals surface area contributed by atoms with E-state index in [1.165, 1.54) is 0 Å². The lowest BCUT2D eigenvalue weighted by molar-refractivity contribution is -0.142. The van der Waals surface area contributed by atoms with Gasteiger partial charge in [0.15, 0.2) is 0 Å². The molecule has 13 heavy (non-hydrogen) atoms. The highest BCUT2D eigenvalue weighted by molar-refractivity contribution is 5.70. The van der Waals surface area contributed by atoms with Crippen LogP contribution >= 0.6 is 0 Å². The monoisotopic (exact) mass is 188 g/mol. The number of hydrogen-bond donors (Lipinski definition) is 2. The van der Waals surface area contributed by atoms with E-state index in [0.29, 0.717) is 13.0 Å². The van der Waals surface area contributed by atoms with Crippen LogP contribution in [0.4, 0.5) is 0 Å². The molecular weight excluding hydrogens is 168 g/mol. The zero-order valence-electron chi connectivity index (χ0n) is 8.66. The van der Waals surface area contributed by atoms with Gasteiger partial charge in [0, 0.05) is 12.6 Å². The van der Waals surface area contributed by atoms with Crippen LogP contribution < -0.4 is 5.84 Å². The minimum atomic E-state index is -0.752. The topological polar surface area (TPSA) is 66.6 Å². The minimum absolute atomic E-state index is 0.193. The van der Waals surface area contributed by atoms with E-state index < -0.39 is 5.97 Å². The molecule has 0 saturated heterocycles. The molecule has 1 unspecified atom stereocenters. The Bertz CT molecular complexity index is 160. The number of hydrazine groups is 1. The summed E-state index contributed by atoms with van der Waals surface area (Å²) in [6.45, 7) is 6.31. The highest BCUT2D eigenvalue weighted by Gasteiger charge is 2.19. The predicted molar refractivity (Wildman–Crippen MR) is 52.1 cm³/mol. The second kappa shape index (κ2) is 5.94. The van der Waals surface area contributed by atoms with Gasteiger partial charge in [-0.15, -0.1) is 0 Å². The fourth-order valence-electron chi connectivity index (χ4n) is 1.11. The Hall–Kier alpha value is -0.610. The number of nitrogens with two attached hydrogens (primary N) is 1. The summed E-state index contributed by atoms with van der Waals surface area (Å²) < 4.78 is 0. The molecule has 78 valence electrons. The molecule has 1 atom stereocenters. The molecule has 3 N–H and O–H groups in total. The summed E-state index contributed by atoms with van der Waals surface area (Å²) in [6, 6.07) is 0.193. The molecule has 4 nitrogen and oxygen atoms in total. The molecule has 0 aliphatic heterocycles. The summed E-state index contributed by atoms with van der Waals surface area (Å²) in [5.74, 6) is 4.57. The number of aliphatic carboxylic acids is 1. The summed E-state index contributed by atoms with van der Waals surface area (Å²) in [5, 5.41) is 10.4. The summed E-state index contributed by atoms with van der Waals surface area (Å²) in [6.07, 6.45) is 1.57. The summed E-state index contributed by atoms with van der Waals surface area (Å²) in [4.78, 5) is 10.8. The maximum atomic E-state index is 10.8. The molecule has 0 bridgehead atoms. The largest absolute Gasteiger partial charge is 0.481 e. The van der Waals surface area contributed by atoms with Gasteiger partial charge >= 0.3 is 5.97 Å². The van der Waals surface area contributed by atoms with E-state index in [1.807, 2.05) is 20.8 Å². The number of hydrogen-bond acceptors (Lipinski definition) is 3. The fourth-order valence-corrected chi connectivity index (χ4v) is 1.11. The quantitative estimate of drug-likeness (QED) is 0.483. The first-order valence-electron chi connectivity index (χ1n) is 4.73. The van der Waals surface area contributed by atoms with Crippen LogP contribution in [-0.2, 0) is 4.79 Å². The van der Waals surface area contributed by atoms with Gasteiger partial charge in [-0.3, -0.25) is 10.6 Å². The highest BCUT2D eigenvalue weighted by atomic mass is 16.4. The van der Waals surface area contributed by atoms with Crippen LogP contribution in [0.3, 0.4) is 0 Å². The highest BCUT2D eigenvalue weighted by Crippen LogP contribution is 2.08. The van der Waals surface area contributed by atoms with Gasteiger partial charge in [-0.05, 0) is 20.3 Å². The third-order valence-electron chi connectivity index (χ3n) is 2.08. The van der Waals surface area contributed by atoms with Crippen LogP contribution in [0.2, 0.25) is 0 Å². The van der Waals surface area contributed by atoms with Gasteiger partial charge in [0.25, 0.3) is 0 Å². The maximum Gasteiger partial charge on any atom is 0.307 e. The zero-order valence-corrected chi connectivity index (χ0v) is 8.66.